The molecule has 0 saturated heterocycles. The number of hydrogen-bond acceptors (Lipinski definition) is 2. The smallest absolute Gasteiger partial charge is 0.423 e. The third-order valence-electron chi connectivity index (χ3n) is 7.56. The molecule has 0 aliphatic heterocycles. The second-order valence-electron chi connectivity index (χ2n) is 11.1. The molecule has 0 bridgehead atoms. The van der Waals surface area contributed by atoms with Crippen LogP contribution < -0.4 is 9.47 Å². The van der Waals surface area contributed by atoms with E-state index in [1.165, 1.54) is 0 Å². The van der Waals surface area contributed by atoms with Crippen molar-refractivity contribution in [2.24, 2.45) is 0 Å². The van der Waals surface area contributed by atoms with Crippen molar-refractivity contribution in [3.05, 3.63) is 142 Å². The zero-order valence-corrected chi connectivity index (χ0v) is 27.0. The van der Waals surface area contributed by atoms with Crippen molar-refractivity contribution in [1.82, 2.24) is 0 Å². The first-order chi connectivity index (χ1) is 24.4. The summed E-state index contributed by atoms with van der Waals surface area (Å²) >= 11 is 6.02. The molecule has 0 saturated carbocycles. The highest BCUT2D eigenvalue weighted by Gasteiger charge is 2.39. The molecule has 0 aromatic heterocycles. The van der Waals surface area contributed by atoms with Crippen molar-refractivity contribution in [3.63, 3.8) is 0 Å². The maximum Gasteiger partial charge on any atom is 0.573 e. The molecule has 5 rings (SSSR count). The van der Waals surface area contributed by atoms with Gasteiger partial charge in [0.15, 0.2) is 29.0 Å². The Kier molecular flexibility index (Phi) is 10.9. The Morgan fingerprint density at radius 2 is 1.02 bits per heavy atom. The average molecular weight is 761 g/mol. The highest BCUT2D eigenvalue weighted by molar-refractivity contribution is 6.33. The molecule has 0 unspecified atom stereocenters. The van der Waals surface area contributed by atoms with Gasteiger partial charge < -0.3 is 9.47 Å². The minimum Gasteiger partial charge on any atom is -0.423 e. The van der Waals surface area contributed by atoms with Crippen LogP contribution in [-0.4, -0.2) is 6.36 Å². The fraction of sp³-hybridized carbons (Fsp3) is 0.135. The van der Waals surface area contributed by atoms with Gasteiger partial charge in [-0.3, -0.25) is 0 Å². The van der Waals surface area contributed by atoms with Gasteiger partial charge in [-0.05, 0) is 96.1 Å². The first kappa shape index (κ1) is 38.1. The molecule has 52 heavy (non-hydrogen) atoms. The number of hydrogen-bond donors (Lipinski definition) is 0. The van der Waals surface area contributed by atoms with Gasteiger partial charge in [0.2, 0.25) is 5.75 Å². The Morgan fingerprint density at radius 3 is 1.52 bits per heavy atom. The minimum absolute atomic E-state index is 0.00761. The van der Waals surface area contributed by atoms with E-state index >= 15 is 22.0 Å². The maximum atomic E-state index is 15.2. The van der Waals surface area contributed by atoms with E-state index in [1.807, 2.05) is 19.1 Å². The van der Waals surface area contributed by atoms with E-state index in [-0.39, 0.29) is 29.8 Å². The molecule has 5 aromatic carbocycles. The minimum atomic E-state index is -5.47. The van der Waals surface area contributed by atoms with Crippen LogP contribution in [0.3, 0.4) is 0 Å². The van der Waals surface area contributed by atoms with E-state index in [0.717, 1.165) is 24.1 Å². The van der Waals surface area contributed by atoms with Gasteiger partial charge in [-0.2, -0.15) is 8.78 Å². The molecule has 0 atom stereocenters. The summed E-state index contributed by atoms with van der Waals surface area (Å²) in [6.45, 7) is 1.88. The van der Waals surface area contributed by atoms with Gasteiger partial charge in [0.05, 0.1) is 16.1 Å². The molecule has 0 radical (unpaired) electrons. The summed E-state index contributed by atoms with van der Waals surface area (Å²) in [5.74, 6) is -15.2. The number of alkyl halides is 5. The Hall–Kier alpha value is -5.11. The van der Waals surface area contributed by atoms with Gasteiger partial charge in [0, 0.05) is 5.56 Å². The lowest BCUT2D eigenvalue weighted by Crippen LogP contribution is -2.24. The van der Waals surface area contributed by atoms with E-state index in [4.69, 9.17) is 11.6 Å². The van der Waals surface area contributed by atoms with Crippen LogP contribution in [0.1, 0.15) is 24.5 Å². The number of ether oxygens (including phenoxy) is 2. The summed E-state index contributed by atoms with van der Waals surface area (Å²) in [6.07, 6.45) is -4.85. The molecule has 2 nitrogen and oxygen atoms in total. The third kappa shape index (κ3) is 8.33. The molecule has 0 N–H and O–H groups in total. The van der Waals surface area contributed by atoms with Crippen LogP contribution in [0.2, 0.25) is 5.02 Å². The van der Waals surface area contributed by atoms with Gasteiger partial charge in [-0.15, -0.1) is 13.2 Å². The molecule has 5 aromatic rings. The lowest BCUT2D eigenvalue weighted by Gasteiger charge is -2.20. The first-order valence-corrected chi connectivity index (χ1v) is 15.3. The molecule has 272 valence electrons. The number of benzene rings is 5. The number of halogens is 13. The fourth-order valence-electron chi connectivity index (χ4n) is 5.22. The van der Waals surface area contributed by atoms with Gasteiger partial charge in [-0.25, -0.2) is 30.7 Å². The SMILES string of the molecule is CC=CCCc1ccc(-c2cc(F)c(OC(F)(F)c3cc(F)c(-c4cc(F)c(-c5cc(F)c(OC(F)(F)F)c(F)c5)c(Cl)c4)c(F)c3)c(F)c2)cc1. The number of allylic oxidation sites excluding steroid dienone is 2. The predicted molar refractivity (Wildman–Crippen MR) is 168 cm³/mol. The lowest BCUT2D eigenvalue weighted by molar-refractivity contribution is -0.276. The zero-order valence-electron chi connectivity index (χ0n) is 26.2. The van der Waals surface area contributed by atoms with Crippen molar-refractivity contribution < 1.29 is 62.2 Å². The Bertz CT molecular complexity index is 2070. The Balaban J connectivity index is 1.41. The Labute approximate surface area is 292 Å². The monoisotopic (exact) mass is 760 g/mol. The molecule has 0 spiro atoms. The number of aryl methyl sites for hydroxylation is 1. The van der Waals surface area contributed by atoms with E-state index in [0.29, 0.717) is 24.1 Å². The van der Waals surface area contributed by atoms with E-state index in [9.17, 15) is 30.7 Å². The van der Waals surface area contributed by atoms with Crippen LogP contribution in [0.4, 0.5) is 52.7 Å². The largest absolute Gasteiger partial charge is 0.573 e. The predicted octanol–water partition coefficient (Wildman–Crippen LogP) is 12.9. The van der Waals surface area contributed by atoms with Crippen LogP contribution in [0.5, 0.6) is 11.5 Å². The lowest BCUT2D eigenvalue weighted by atomic mass is 9.97. The Morgan fingerprint density at radius 1 is 0.558 bits per heavy atom. The average Bonchev–Trinajstić information content (AvgIpc) is 3.04. The van der Waals surface area contributed by atoms with E-state index in [1.54, 1.807) is 24.3 Å². The van der Waals surface area contributed by atoms with Gasteiger partial charge in [0.25, 0.3) is 0 Å². The maximum absolute atomic E-state index is 15.2. The molecule has 0 heterocycles. The molecular weight excluding hydrogens is 740 g/mol. The highest BCUT2D eigenvalue weighted by atomic mass is 35.5. The van der Waals surface area contributed by atoms with Crippen LogP contribution in [0, 0.1) is 40.7 Å². The van der Waals surface area contributed by atoms with Gasteiger partial charge in [0.1, 0.15) is 17.5 Å². The second kappa shape index (κ2) is 14.9. The van der Waals surface area contributed by atoms with E-state index in [2.05, 4.69) is 9.47 Å². The quantitative estimate of drug-likeness (QED) is 0.104. The van der Waals surface area contributed by atoms with Crippen LogP contribution in [0.25, 0.3) is 33.4 Å². The highest BCUT2D eigenvalue weighted by Crippen LogP contribution is 2.42. The summed E-state index contributed by atoms with van der Waals surface area (Å²) in [4.78, 5) is 0. The molecule has 15 heteroatoms. The molecule has 0 aliphatic rings. The summed E-state index contributed by atoms with van der Waals surface area (Å²) < 4.78 is 179. The molecular formula is C37H21ClF12O2. The normalized spacial score (nSPS) is 12.1. The van der Waals surface area contributed by atoms with Crippen molar-refractivity contribution in [3.8, 4) is 44.9 Å². The zero-order chi connectivity index (χ0) is 38.1. The summed E-state index contributed by atoms with van der Waals surface area (Å²) in [7, 11) is 0. The number of rotatable bonds is 10. The molecule has 0 fully saturated rings. The van der Waals surface area contributed by atoms with Crippen LogP contribution >= 0.6 is 11.6 Å². The van der Waals surface area contributed by atoms with Crippen LogP contribution in [-0.2, 0) is 12.5 Å². The van der Waals surface area contributed by atoms with Gasteiger partial charge >= 0.3 is 12.5 Å². The van der Waals surface area contributed by atoms with E-state index < -0.39 is 97.5 Å². The van der Waals surface area contributed by atoms with Gasteiger partial charge in [-0.1, -0.05) is 48.0 Å². The second-order valence-corrected chi connectivity index (χ2v) is 11.5. The summed E-state index contributed by atoms with van der Waals surface area (Å²) in [5, 5.41) is -0.746. The molecule has 0 aliphatic carbocycles. The van der Waals surface area contributed by atoms with Crippen LogP contribution in [0.15, 0.2) is 84.9 Å². The standard InChI is InChI=1S/C37H21ClF12O2/c1-2-3-4-5-18-6-8-19(9-7-18)20-11-28(42)34(29(43)12-20)51-36(46,47)23-16-26(40)33(27(41)17-23)21-10-24(38)32(25(39)13-21)22-14-30(44)35(31(45)15-22)52-37(48,49)50/h2-3,6-17H,4-5H2,1H3. The van der Waals surface area contributed by atoms with Crippen molar-refractivity contribution >= 4 is 11.6 Å². The summed E-state index contributed by atoms with van der Waals surface area (Å²) in [5.41, 5.74) is -3.58. The topological polar surface area (TPSA) is 18.5 Å². The fourth-order valence-corrected chi connectivity index (χ4v) is 5.54. The van der Waals surface area contributed by atoms with Crippen molar-refractivity contribution in [1.29, 1.82) is 0 Å². The molecule has 0 amide bonds. The first-order valence-electron chi connectivity index (χ1n) is 14.9. The van der Waals surface area contributed by atoms with Crippen molar-refractivity contribution in [2.45, 2.75) is 32.2 Å². The third-order valence-corrected chi connectivity index (χ3v) is 7.86. The summed E-state index contributed by atoms with van der Waals surface area (Å²) in [6, 6.07) is 9.86. The van der Waals surface area contributed by atoms with Crippen molar-refractivity contribution in [2.75, 3.05) is 0 Å².